The quantitative estimate of drug-likeness (QED) is 0.854. The van der Waals surface area contributed by atoms with Crippen LogP contribution in [0.5, 0.6) is 0 Å². The van der Waals surface area contributed by atoms with Crippen LogP contribution in [0.2, 0.25) is 5.02 Å². The summed E-state index contributed by atoms with van der Waals surface area (Å²) in [5.74, 6) is 0. The molecule has 0 radical (unpaired) electrons. The predicted octanol–water partition coefficient (Wildman–Crippen LogP) is 3.63. The van der Waals surface area contributed by atoms with Crippen LogP contribution in [0.1, 0.15) is 38.7 Å². The fourth-order valence-corrected chi connectivity index (χ4v) is 2.62. The summed E-state index contributed by atoms with van der Waals surface area (Å²) in [7, 11) is 4.20. The van der Waals surface area contributed by atoms with E-state index in [1.165, 1.54) is 12.8 Å². The molecule has 102 valence electrons. The molecule has 3 heteroatoms. The molecule has 1 rings (SSSR count). The third-order valence-corrected chi connectivity index (χ3v) is 3.86. The van der Waals surface area contributed by atoms with Gasteiger partial charge in [0.05, 0.1) is 5.54 Å². The Hall–Kier alpha value is -0.570. The third-order valence-electron chi connectivity index (χ3n) is 3.61. The molecule has 2 N–H and O–H groups in total. The molecule has 18 heavy (non-hydrogen) atoms. The summed E-state index contributed by atoms with van der Waals surface area (Å²) < 4.78 is 0. The molecule has 2 unspecified atom stereocenters. The van der Waals surface area contributed by atoms with Gasteiger partial charge in [0.1, 0.15) is 0 Å². The lowest BCUT2D eigenvalue weighted by molar-refractivity contribution is 0.175. The summed E-state index contributed by atoms with van der Waals surface area (Å²) in [4.78, 5) is 2.23. The van der Waals surface area contributed by atoms with Gasteiger partial charge in [0, 0.05) is 11.1 Å². The van der Waals surface area contributed by atoms with Crippen molar-refractivity contribution in [2.75, 3.05) is 14.1 Å². The molecule has 0 bridgehead atoms. The summed E-state index contributed by atoms with van der Waals surface area (Å²) in [5.41, 5.74) is 7.37. The summed E-state index contributed by atoms with van der Waals surface area (Å²) in [6.45, 7) is 4.32. The van der Waals surface area contributed by atoms with Gasteiger partial charge in [-0.3, -0.25) is 0 Å². The van der Waals surface area contributed by atoms with Crippen LogP contribution < -0.4 is 5.73 Å². The minimum absolute atomic E-state index is 0.332. The van der Waals surface area contributed by atoms with E-state index < -0.39 is 0 Å². The van der Waals surface area contributed by atoms with Crippen LogP contribution in [-0.4, -0.2) is 25.0 Å². The van der Waals surface area contributed by atoms with Gasteiger partial charge >= 0.3 is 0 Å². The molecular formula is C15H25ClN2. The minimum Gasteiger partial charge on any atom is -0.320 e. The molecule has 0 fully saturated rings. The Balaban J connectivity index is 2.96. The van der Waals surface area contributed by atoms with E-state index in [2.05, 4.69) is 32.8 Å². The van der Waals surface area contributed by atoms with Crippen LogP contribution in [-0.2, 0) is 5.54 Å². The number of nitrogens with two attached hydrogens (primary N) is 1. The first kappa shape index (κ1) is 15.5. The van der Waals surface area contributed by atoms with Crippen LogP contribution in [0.4, 0.5) is 0 Å². The number of unbranched alkanes of at least 4 members (excludes halogenated alkanes) is 1. The molecule has 2 nitrogen and oxygen atoms in total. The number of benzene rings is 1. The number of rotatable bonds is 6. The Morgan fingerprint density at radius 3 is 2.28 bits per heavy atom. The zero-order valence-electron chi connectivity index (χ0n) is 11.9. The van der Waals surface area contributed by atoms with Crippen molar-refractivity contribution in [2.45, 2.75) is 44.7 Å². The maximum absolute atomic E-state index is 6.59. The predicted molar refractivity (Wildman–Crippen MR) is 80.0 cm³/mol. The molecule has 1 aromatic carbocycles. The lowest BCUT2D eigenvalue weighted by atomic mass is 9.82. The van der Waals surface area contributed by atoms with Crippen molar-refractivity contribution in [1.29, 1.82) is 0 Å². The standard InChI is InChI=1S/C15H25ClN2/c1-5-6-7-14(18(3)4)15(2,17)12-8-10-13(16)11-9-12/h8-11,14H,5-7,17H2,1-4H3. The molecule has 0 spiro atoms. The molecule has 2 atom stereocenters. The number of hydrogen-bond acceptors (Lipinski definition) is 2. The van der Waals surface area contributed by atoms with E-state index >= 15 is 0 Å². The monoisotopic (exact) mass is 268 g/mol. The highest BCUT2D eigenvalue weighted by molar-refractivity contribution is 6.30. The average molecular weight is 269 g/mol. The Kier molecular flexibility index (Phi) is 5.64. The molecule has 0 heterocycles. The second kappa shape index (κ2) is 6.55. The van der Waals surface area contributed by atoms with Gasteiger partial charge in [-0.1, -0.05) is 43.5 Å². The Bertz CT molecular complexity index is 357. The zero-order valence-corrected chi connectivity index (χ0v) is 12.7. The smallest absolute Gasteiger partial charge is 0.0538 e. The molecular weight excluding hydrogens is 244 g/mol. The van der Waals surface area contributed by atoms with Crippen molar-refractivity contribution in [3.8, 4) is 0 Å². The summed E-state index contributed by atoms with van der Waals surface area (Å²) in [6, 6.07) is 8.22. The lowest BCUT2D eigenvalue weighted by Gasteiger charge is -2.39. The van der Waals surface area contributed by atoms with E-state index in [1.807, 2.05) is 24.3 Å². The fourth-order valence-electron chi connectivity index (χ4n) is 2.49. The number of likely N-dealkylation sites (N-methyl/N-ethyl adjacent to an activating group) is 1. The van der Waals surface area contributed by atoms with E-state index in [1.54, 1.807) is 0 Å². The van der Waals surface area contributed by atoms with Gasteiger partial charge in [0.2, 0.25) is 0 Å². The maximum Gasteiger partial charge on any atom is 0.0538 e. The normalized spacial score (nSPS) is 16.6. The second-order valence-corrected chi connectivity index (χ2v) is 5.85. The highest BCUT2D eigenvalue weighted by Gasteiger charge is 2.32. The number of hydrogen-bond donors (Lipinski definition) is 1. The van der Waals surface area contributed by atoms with Gasteiger partial charge in [-0.2, -0.15) is 0 Å². The highest BCUT2D eigenvalue weighted by Crippen LogP contribution is 2.28. The van der Waals surface area contributed by atoms with Crippen LogP contribution >= 0.6 is 11.6 Å². The van der Waals surface area contributed by atoms with Gasteiger partial charge in [0.15, 0.2) is 0 Å². The Morgan fingerprint density at radius 2 is 1.83 bits per heavy atom. The highest BCUT2D eigenvalue weighted by atomic mass is 35.5. The first-order chi connectivity index (χ1) is 8.39. The average Bonchev–Trinajstić information content (AvgIpc) is 2.29. The second-order valence-electron chi connectivity index (χ2n) is 5.41. The van der Waals surface area contributed by atoms with Crippen LogP contribution in [0.25, 0.3) is 0 Å². The minimum atomic E-state index is -0.358. The van der Waals surface area contributed by atoms with Crippen molar-refractivity contribution in [2.24, 2.45) is 5.73 Å². The summed E-state index contributed by atoms with van der Waals surface area (Å²) in [6.07, 6.45) is 3.50. The number of halogens is 1. The molecule has 0 aliphatic heterocycles. The molecule has 0 aliphatic rings. The van der Waals surface area contributed by atoms with Crippen molar-refractivity contribution in [3.05, 3.63) is 34.9 Å². The fraction of sp³-hybridized carbons (Fsp3) is 0.600. The molecule has 1 aromatic rings. The van der Waals surface area contributed by atoms with Crippen LogP contribution in [0.3, 0.4) is 0 Å². The van der Waals surface area contributed by atoms with Gasteiger partial charge in [-0.15, -0.1) is 0 Å². The van der Waals surface area contributed by atoms with Crippen molar-refractivity contribution in [3.63, 3.8) is 0 Å². The molecule has 0 saturated heterocycles. The summed E-state index contributed by atoms with van der Waals surface area (Å²) in [5, 5.41) is 0.754. The van der Waals surface area contributed by atoms with E-state index in [0.717, 1.165) is 17.0 Å². The van der Waals surface area contributed by atoms with Gasteiger partial charge in [-0.05, 0) is 45.1 Å². The topological polar surface area (TPSA) is 29.3 Å². The number of nitrogens with zero attached hydrogens (tertiary/aromatic N) is 1. The van der Waals surface area contributed by atoms with Crippen LogP contribution in [0.15, 0.2) is 24.3 Å². The van der Waals surface area contributed by atoms with E-state index in [0.29, 0.717) is 6.04 Å². The Labute approximate surface area is 116 Å². The van der Waals surface area contributed by atoms with Crippen LogP contribution in [0, 0.1) is 0 Å². The maximum atomic E-state index is 6.59. The lowest BCUT2D eigenvalue weighted by Crippen LogP contribution is -2.52. The molecule has 0 aliphatic carbocycles. The molecule has 0 amide bonds. The summed E-state index contributed by atoms with van der Waals surface area (Å²) >= 11 is 5.94. The zero-order chi connectivity index (χ0) is 13.8. The SMILES string of the molecule is CCCCC(N(C)C)C(C)(N)c1ccc(Cl)cc1. The molecule has 0 aromatic heterocycles. The first-order valence-corrected chi connectivity index (χ1v) is 6.98. The van der Waals surface area contributed by atoms with Crippen molar-refractivity contribution < 1.29 is 0 Å². The molecule has 0 saturated carbocycles. The van der Waals surface area contributed by atoms with Crippen molar-refractivity contribution >= 4 is 11.6 Å². The van der Waals surface area contributed by atoms with E-state index in [-0.39, 0.29) is 5.54 Å². The van der Waals surface area contributed by atoms with Gasteiger partial charge in [0.25, 0.3) is 0 Å². The van der Waals surface area contributed by atoms with E-state index in [9.17, 15) is 0 Å². The Morgan fingerprint density at radius 1 is 1.28 bits per heavy atom. The first-order valence-electron chi connectivity index (χ1n) is 6.61. The van der Waals surface area contributed by atoms with Crippen molar-refractivity contribution in [1.82, 2.24) is 4.90 Å². The van der Waals surface area contributed by atoms with Gasteiger partial charge < -0.3 is 10.6 Å². The largest absolute Gasteiger partial charge is 0.320 e. The third kappa shape index (κ3) is 3.71. The van der Waals surface area contributed by atoms with Gasteiger partial charge in [-0.25, -0.2) is 0 Å². The van der Waals surface area contributed by atoms with E-state index in [4.69, 9.17) is 17.3 Å².